The zero-order valence-corrected chi connectivity index (χ0v) is 10.6. The Bertz CT molecular complexity index is 361. The van der Waals surface area contributed by atoms with E-state index in [-0.39, 0.29) is 11.6 Å². The summed E-state index contributed by atoms with van der Waals surface area (Å²) in [6.07, 6.45) is -4.81. The topological polar surface area (TPSA) is 42.4 Å². The molecule has 90 valence electrons. The molecule has 1 aromatic heterocycles. The van der Waals surface area contributed by atoms with Crippen LogP contribution in [0.2, 0.25) is 0 Å². The maximum atomic E-state index is 12.0. The van der Waals surface area contributed by atoms with Gasteiger partial charge in [0.2, 0.25) is 5.88 Å². The number of aliphatic hydroxyl groups is 1. The second kappa shape index (κ2) is 5.37. The second-order valence-corrected chi connectivity index (χ2v) is 4.07. The first-order valence-electron chi connectivity index (χ1n) is 3.98. The maximum Gasteiger partial charge on any atom is 0.574 e. The van der Waals surface area contributed by atoms with Gasteiger partial charge in [0.1, 0.15) is 0 Å². The molecule has 16 heavy (non-hydrogen) atoms. The van der Waals surface area contributed by atoms with Crippen molar-refractivity contribution in [3.05, 3.63) is 20.9 Å². The predicted molar refractivity (Wildman–Crippen MR) is 59.1 cm³/mol. The van der Waals surface area contributed by atoms with Crippen LogP contribution in [-0.2, 0) is 12.5 Å². The first kappa shape index (κ1) is 13.8. The fraction of sp³-hybridized carbons (Fsp3) is 0.375. The minimum absolute atomic E-state index is 0.0159. The molecule has 0 aliphatic rings. The second-order valence-electron chi connectivity index (χ2n) is 2.72. The van der Waals surface area contributed by atoms with Crippen molar-refractivity contribution in [2.24, 2.45) is 0 Å². The normalized spacial score (nSPS) is 11.6. The van der Waals surface area contributed by atoms with Crippen molar-refractivity contribution in [2.75, 3.05) is 0 Å². The van der Waals surface area contributed by atoms with Gasteiger partial charge in [-0.1, -0.05) is 0 Å². The maximum absolute atomic E-state index is 12.0. The number of alkyl halides is 4. The van der Waals surface area contributed by atoms with Gasteiger partial charge < -0.3 is 9.84 Å². The van der Waals surface area contributed by atoms with E-state index in [1.165, 1.54) is 0 Å². The third-order valence-corrected chi connectivity index (χ3v) is 3.20. The number of rotatable bonds is 3. The van der Waals surface area contributed by atoms with Crippen molar-refractivity contribution < 1.29 is 23.0 Å². The lowest BCUT2D eigenvalue weighted by molar-refractivity contribution is -0.276. The summed E-state index contributed by atoms with van der Waals surface area (Å²) in [6.45, 7) is -0.475. The van der Waals surface area contributed by atoms with Crippen molar-refractivity contribution >= 4 is 34.2 Å². The van der Waals surface area contributed by atoms with Crippen molar-refractivity contribution in [3.63, 3.8) is 0 Å². The highest BCUT2D eigenvalue weighted by Gasteiger charge is 2.32. The van der Waals surface area contributed by atoms with E-state index in [0.717, 1.165) is 6.07 Å². The first-order chi connectivity index (χ1) is 7.37. The monoisotopic (exact) mass is 367 g/mol. The molecule has 8 heteroatoms. The van der Waals surface area contributed by atoms with Gasteiger partial charge in [0.15, 0.2) is 0 Å². The molecular weight excluding hydrogens is 361 g/mol. The van der Waals surface area contributed by atoms with Crippen LogP contribution in [0.5, 0.6) is 5.88 Å². The lowest BCUT2D eigenvalue weighted by atomic mass is 10.2. The molecule has 1 rings (SSSR count). The Morgan fingerprint density at radius 1 is 1.50 bits per heavy atom. The van der Waals surface area contributed by atoms with Crippen molar-refractivity contribution in [1.29, 1.82) is 0 Å². The van der Waals surface area contributed by atoms with E-state index < -0.39 is 18.8 Å². The molecule has 0 saturated heterocycles. The molecule has 0 aliphatic carbocycles. The molecule has 1 aromatic rings. The van der Waals surface area contributed by atoms with E-state index in [9.17, 15) is 13.2 Å². The molecular formula is C8H6ClF3INO2. The van der Waals surface area contributed by atoms with Crippen LogP contribution in [0.1, 0.15) is 11.3 Å². The van der Waals surface area contributed by atoms with E-state index in [2.05, 4.69) is 9.72 Å². The van der Waals surface area contributed by atoms with Crippen LogP contribution >= 0.6 is 34.2 Å². The highest BCUT2D eigenvalue weighted by Crippen LogP contribution is 2.26. The molecule has 0 bridgehead atoms. The van der Waals surface area contributed by atoms with Crippen molar-refractivity contribution in [2.45, 2.75) is 18.8 Å². The van der Waals surface area contributed by atoms with Gasteiger partial charge in [-0.15, -0.1) is 24.8 Å². The molecule has 3 nitrogen and oxygen atoms in total. The lowest BCUT2D eigenvalue weighted by Gasteiger charge is -2.11. The van der Waals surface area contributed by atoms with Crippen LogP contribution in [0.3, 0.4) is 0 Å². The summed E-state index contributed by atoms with van der Waals surface area (Å²) in [4.78, 5) is 3.53. The number of aliphatic hydroxyl groups excluding tert-OH is 1. The largest absolute Gasteiger partial charge is 0.574 e. The zero-order chi connectivity index (χ0) is 12.3. The average molecular weight is 367 g/mol. The minimum atomic E-state index is -4.81. The Balaban J connectivity index is 3.12. The van der Waals surface area contributed by atoms with E-state index >= 15 is 0 Å². The Morgan fingerprint density at radius 2 is 2.12 bits per heavy atom. The van der Waals surface area contributed by atoms with Gasteiger partial charge in [-0.05, 0) is 28.2 Å². The number of aromatic nitrogens is 1. The Hall–Kier alpha value is -0.280. The summed E-state index contributed by atoms with van der Waals surface area (Å²) in [5.74, 6) is -0.602. The molecule has 0 saturated carbocycles. The summed E-state index contributed by atoms with van der Waals surface area (Å²) in [6, 6.07) is 1.10. The summed E-state index contributed by atoms with van der Waals surface area (Å²) >= 11 is 7.40. The number of halogens is 5. The molecule has 0 aliphatic heterocycles. The van der Waals surface area contributed by atoms with Gasteiger partial charge >= 0.3 is 6.36 Å². The third kappa shape index (κ3) is 3.63. The molecule has 0 spiro atoms. The Morgan fingerprint density at radius 3 is 2.56 bits per heavy atom. The highest BCUT2D eigenvalue weighted by molar-refractivity contribution is 14.1. The van der Waals surface area contributed by atoms with Crippen molar-refractivity contribution in [3.8, 4) is 5.88 Å². The number of pyridine rings is 1. The van der Waals surface area contributed by atoms with Crippen LogP contribution in [0.25, 0.3) is 0 Å². The Labute approximate surface area is 108 Å². The SMILES string of the molecule is OCc1nc(OC(F)(F)F)cc(CCl)c1I. The fourth-order valence-corrected chi connectivity index (χ4v) is 2.06. The van der Waals surface area contributed by atoms with E-state index in [1.54, 1.807) is 0 Å². The standard InChI is InChI=1S/C8H6ClF3INO2/c9-2-4-1-6(16-8(10,11)12)14-5(3-15)7(4)13/h1,15H,2-3H2. The zero-order valence-electron chi connectivity index (χ0n) is 7.68. The van der Waals surface area contributed by atoms with E-state index in [1.807, 2.05) is 22.6 Å². The van der Waals surface area contributed by atoms with Crippen LogP contribution in [0.4, 0.5) is 13.2 Å². The van der Waals surface area contributed by atoms with E-state index in [4.69, 9.17) is 16.7 Å². The molecule has 0 fully saturated rings. The third-order valence-electron chi connectivity index (χ3n) is 1.59. The molecule has 1 N–H and O–H groups in total. The fourth-order valence-electron chi connectivity index (χ4n) is 0.985. The van der Waals surface area contributed by atoms with Crippen LogP contribution < -0.4 is 4.74 Å². The molecule has 0 radical (unpaired) electrons. The molecule has 0 aromatic carbocycles. The number of hydrogen-bond donors (Lipinski definition) is 1. The first-order valence-corrected chi connectivity index (χ1v) is 5.59. The lowest BCUT2D eigenvalue weighted by Crippen LogP contribution is -2.18. The van der Waals surface area contributed by atoms with Crippen molar-refractivity contribution in [1.82, 2.24) is 4.98 Å². The number of hydrogen-bond acceptors (Lipinski definition) is 3. The van der Waals surface area contributed by atoms with E-state index in [0.29, 0.717) is 9.13 Å². The number of ether oxygens (including phenoxy) is 1. The predicted octanol–water partition coefficient (Wildman–Crippen LogP) is 2.82. The average Bonchev–Trinajstić information content (AvgIpc) is 2.18. The molecule has 0 amide bonds. The minimum Gasteiger partial charge on any atom is -0.390 e. The molecule has 0 unspecified atom stereocenters. The van der Waals surface area contributed by atoms with Crippen LogP contribution in [0, 0.1) is 3.57 Å². The summed E-state index contributed by atoms with van der Waals surface area (Å²) in [7, 11) is 0. The molecule has 0 atom stereocenters. The van der Waals surface area contributed by atoms with Gasteiger partial charge in [0.25, 0.3) is 0 Å². The molecule has 1 heterocycles. The van der Waals surface area contributed by atoms with Gasteiger partial charge in [-0.2, -0.15) is 0 Å². The van der Waals surface area contributed by atoms with Gasteiger partial charge in [-0.3, -0.25) is 0 Å². The highest BCUT2D eigenvalue weighted by atomic mass is 127. The summed E-state index contributed by atoms with van der Waals surface area (Å²) in [5, 5.41) is 8.91. The number of nitrogens with zero attached hydrogens (tertiary/aromatic N) is 1. The van der Waals surface area contributed by atoms with Gasteiger partial charge in [-0.25, -0.2) is 4.98 Å². The Kier molecular flexibility index (Phi) is 4.62. The van der Waals surface area contributed by atoms with Gasteiger partial charge in [0, 0.05) is 15.5 Å². The smallest absolute Gasteiger partial charge is 0.390 e. The summed E-state index contributed by atoms with van der Waals surface area (Å²) < 4.78 is 40.1. The van der Waals surface area contributed by atoms with Crippen LogP contribution in [-0.4, -0.2) is 16.5 Å². The summed E-state index contributed by atoms with van der Waals surface area (Å²) in [5.41, 5.74) is 0.540. The van der Waals surface area contributed by atoms with Gasteiger partial charge in [0.05, 0.1) is 12.3 Å². The van der Waals surface area contributed by atoms with Crippen LogP contribution in [0.15, 0.2) is 6.07 Å². The quantitative estimate of drug-likeness (QED) is 0.660.